The van der Waals surface area contributed by atoms with Crippen LogP contribution in [0.5, 0.6) is 0 Å². The average molecular weight is 414 g/mol. The molecule has 0 bridgehead atoms. The van der Waals surface area contributed by atoms with Crippen LogP contribution >= 0.6 is 0 Å². The van der Waals surface area contributed by atoms with E-state index >= 15 is 0 Å². The van der Waals surface area contributed by atoms with Gasteiger partial charge in [-0.2, -0.15) is 13.2 Å². The molecule has 29 heavy (non-hydrogen) atoms. The molecule has 3 unspecified atom stereocenters. The normalized spacial score (nSPS) is 30.3. The number of amides is 1. The van der Waals surface area contributed by atoms with E-state index in [4.69, 9.17) is 4.74 Å². The molecule has 4 nitrogen and oxygen atoms in total. The minimum atomic E-state index is -4.38. The van der Waals surface area contributed by atoms with Gasteiger partial charge in [0.05, 0.1) is 12.2 Å². The predicted octanol–water partition coefficient (Wildman–Crippen LogP) is 3.48. The number of halogens is 4. The van der Waals surface area contributed by atoms with Crippen LogP contribution in [-0.4, -0.2) is 48.8 Å². The van der Waals surface area contributed by atoms with Crippen molar-refractivity contribution in [2.75, 3.05) is 19.8 Å². The van der Waals surface area contributed by atoms with Crippen molar-refractivity contribution in [2.45, 2.75) is 63.1 Å². The van der Waals surface area contributed by atoms with Gasteiger partial charge < -0.3 is 15.0 Å². The lowest BCUT2D eigenvalue weighted by Crippen LogP contribution is -2.48. The lowest BCUT2D eigenvalue weighted by molar-refractivity contribution is -0.137. The smallest absolute Gasteiger partial charge is 0.378 e. The van der Waals surface area contributed by atoms with Crippen LogP contribution in [-0.2, 0) is 28.7 Å². The van der Waals surface area contributed by atoms with Crippen molar-refractivity contribution >= 4 is 5.91 Å². The SMILES string of the molecule is O=C([C@H]1CCC(NC2CCOCC2F)C1)N1CCc2ccc(C(F)(F)F)cc2C1. The topological polar surface area (TPSA) is 41.6 Å². The van der Waals surface area contributed by atoms with Crippen molar-refractivity contribution in [2.24, 2.45) is 5.92 Å². The Bertz CT molecular complexity index is 755. The van der Waals surface area contributed by atoms with E-state index < -0.39 is 17.9 Å². The van der Waals surface area contributed by atoms with Gasteiger partial charge in [-0.3, -0.25) is 4.79 Å². The molecular weight excluding hydrogens is 388 g/mol. The van der Waals surface area contributed by atoms with Gasteiger partial charge in [-0.1, -0.05) is 6.07 Å². The lowest BCUT2D eigenvalue weighted by atomic mass is 9.95. The van der Waals surface area contributed by atoms with Crippen LogP contribution in [0.2, 0.25) is 0 Å². The van der Waals surface area contributed by atoms with Gasteiger partial charge in [-0.25, -0.2) is 4.39 Å². The van der Waals surface area contributed by atoms with Gasteiger partial charge in [-0.05, 0) is 55.4 Å². The van der Waals surface area contributed by atoms with Crippen LogP contribution in [0.15, 0.2) is 18.2 Å². The Morgan fingerprint density at radius 1 is 1.17 bits per heavy atom. The number of fused-ring (bicyclic) bond motifs is 1. The van der Waals surface area contributed by atoms with Crippen molar-refractivity contribution in [3.63, 3.8) is 0 Å². The quantitative estimate of drug-likeness (QED) is 0.771. The molecule has 2 aliphatic heterocycles. The zero-order valence-corrected chi connectivity index (χ0v) is 16.2. The van der Waals surface area contributed by atoms with Crippen LogP contribution in [0.1, 0.15) is 42.4 Å². The Balaban J connectivity index is 1.36. The van der Waals surface area contributed by atoms with Crippen molar-refractivity contribution in [1.82, 2.24) is 10.2 Å². The molecule has 1 aromatic rings. The second kappa shape index (κ2) is 8.22. The molecule has 2 fully saturated rings. The van der Waals surface area contributed by atoms with Gasteiger partial charge in [0.15, 0.2) is 0 Å². The Labute approximate surface area is 167 Å². The van der Waals surface area contributed by atoms with Crippen LogP contribution in [0.4, 0.5) is 17.6 Å². The summed E-state index contributed by atoms with van der Waals surface area (Å²) in [6.45, 7) is 1.40. The first kappa shape index (κ1) is 20.6. The Kier molecular flexibility index (Phi) is 5.84. The molecule has 2 heterocycles. The van der Waals surface area contributed by atoms with E-state index in [1.807, 2.05) is 0 Å². The van der Waals surface area contributed by atoms with Crippen LogP contribution in [0, 0.1) is 5.92 Å². The molecular formula is C21H26F4N2O2. The number of carbonyl (C=O) groups is 1. The highest BCUT2D eigenvalue weighted by Crippen LogP contribution is 2.34. The minimum Gasteiger partial charge on any atom is -0.378 e. The van der Waals surface area contributed by atoms with Gasteiger partial charge >= 0.3 is 6.18 Å². The average Bonchev–Trinajstić information content (AvgIpc) is 3.16. The summed E-state index contributed by atoms with van der Waals surface area (Å²) in [6, 6.07) is 3.67. The maximum absolute atomic E-state index is 14.0. The van der Waals surface area contributed by atoms with Crippen molar-refractivity contribution < 1.29 is 27.1 Å². The molecule has 160 valence electrons. The third-order valence-electron chi connectivity index (χ3n) is 6.38. The summed E-state index contributed by atoms with van der Waals surface area (Å²) in [7, 11) is 0. The number of nitrogens with one attached hydrogen (secondary N) is 1. The molecule has 1 saturated carbocycles. The Hall–Kier alpha value is -1.67. The van der Waals surface area contributed by atoms with E-state index in [9.17, 15) is 22.4 Å². The fourth-order valence-electron chi connectivity index (χ4n) is 4.73. The van der Waals surface area contributed by atoms with Gasteiger partial charge in [0.2, 0.25) is 5.91 Å². The largest absolute Gasteiger partial charge is 0.416 e. The maximum Gasteiger partial charge on any atom is 0.416 e. The van der Waals surface area contributed by atoms with E-state index in [0.717, 1.165) is 24.5 Å². The van der Waals surface area contributed by atoms with Crippen LogP contribution in [0.25, 0.3) is 0 Å². The zero-order valence-electron chi connectivity index (χ0n) is 16.2. The van der Waals surface area contributed by atoms with Gasteiger partial charge in [0.25, 0.3) is 0 Å². The number of nitrogens with zero attached hydrogens (tertiary/aromatic N) is 1. The number of benzene rings is 1. The molecule has 3 aliphatic rings. The number of hydrogen-bond donors (Lipinski definition) is 1. The van der Waals surface area contributed by atoms with Crippen molar-refractivity contribution in [1.29, 1.82) is 0 Å². The number of ether oxygens (including phenoxy) is 1. The maximum atomic E-state index is 14.0. The number of alkyl halides is 4. The van der Waals surface area contributed by atoms with E-state index in [1.165, 1.54) is 12.1 Å². The van der Waals surface area contributed by atoms with Crippen molar-refractivity contribution in [3.8, 4) is 0 Å². The summed E-state index contributed by atoms with van der Waals surface area (Å²) in [5.74, 6) is -0.154. The summed E-state index contributed by atoms with van der Waals surface area (Å²) in [5.41, 5.74) is 0.781. The van der Waals surface area contributed by atoms with Gasteiger partial charge in [0, 0.05) is 37.7 Å². The Morgan fingerprint density at radius 3 is 2.76 bits per heavy atom. The second-order valence-corrected chi connectivity index (χ2v) is 8.35. The predicted molar refractivity (Wildman–Crippen MR) is 98.9 cm³/mol. The third-order valence-corrected chi connectivity index (χ3v) is 6.38. The molecule has 0 radical (unpaired) electrons. The summed E-state index contributed by atoms with van der Waals surface area (Å²) in [4.78, 5) is 14.7. The van der Waals surface area contributed by atoms with E-state index in [2.05, 4.69) is 5.32 Å². The lowest BCUT2D eigenvalue weighted by Gasteiger charge is -2.32. The van der Waals surface area contributed by atoms with Gasteiger partial charge in [-0.15, -0.1) is 0 Å². The molecule has 4 atom stereocenters. The molecule has 1 N–H and O–H groups in total. The first-order valence-electron chi connectivity index (χ1n) is 10.3. The number of hydrogen-bond acceptors (Lipinski definition) is 3. The molecule has 0 aromatic heterocycles. The highest BCUT2D eigenvalue weighted by Gasteiger charge is 2.37. The minimum absolute atomic E-state index is 0.00105. The monoisotopic (exact) mass is 414 g/mol. The molecule has 1 aliphatic carbocycles. The molecule has 4 rings (SSSR count). The summed E-state index contributed by atoms with van der Waals surface area (Å²) < 4.78 is 58.1. The van der Waals surface area contributed by atoms with Crippen LogP contribution in [0.3, 0.4) is 0 Å². The zero-order chi connectivity index (χ0) is 20.6. The molecule has 8 heteroatoms. The van der Waals surface area contributed by atoms with Crippen LogP contribution < -0.4 is 5.32 Å². The molecule has 0 spiro atoms. The fourth-order valence-corrected chi connectivity index (χ4v) is 4.73. The highest BCUT2D eigenvalue weighted by molar-refractivity contribution is 5.79. The number of rotatable bonds is 3. The first-order chi connectivity index (χ1) is 13.8. The molecule has 1 aromatic carbocycles. The van der Waals surface area contributed by atoms with E-state index in [-0.39, 0.29) is 37.1 Å². The molecule has 1 saturated heterocycles. The summed E-state index contributed by atoms with van der Waals surface area (Å²) >= 11 is 0. The van der Waals surface area contributed by atoms with Gasteiger partial charge in [0.1, 0.15) is 6.17 Å². The standard InChI is InChI=1S/C21H26F4N2O2/c22-18-12-29-8-6-19(18)26-17-4-2-14(10-17)20(28)27-7-5-13-1-3-16(21(23,24)25)9-15(13)11-27/h1,3,9,14,17-19,26H,2,4-8,10-12H2/t14-,17?,18?,19?/m0/s1. The summed E-state index contributed by atoms with van der Waals surface area (Å²) in [6.07, 6.45) is -2.04. The Morgan fingerprint density at radius 2 is 2.00 bits per heavy atom. The van der Waals surface area contributed by atoms with E-state index in [0.29, 0.717) is 38.0 Å². The van der Waals surface area contributed by atoms with E-state index in [1.54, 1.807) is 4.90 Å². The first-order valence-corrected chi connectivity index (χ1v) is 10.3. The van der Waals surface area contributed by atoms with Crippen molar-refractivity contribution in [3.05, 3.63) is 34.9 Å². The molecule has 1 amide bonds. The number of carbonyl (C=O) groups excluding carboxylic acids is 1. The highest BCUT2D eigenvalue weighted by atomic mass is 19.4. The fraction of sp³-hybridized carbons (Fsp3) is 0.667. The summed E-state index contributed by atoms with van der Waals surface area (Å²) in [5, 5.41) is 3.34. The third kappa shape index (κ3) is 4.58. The second-order valence-electron chi connectivity index (χ2n) is 8.35.